The topological polar surface area (TPSA) is 119 Å². The Labute approximate surface area is 200 Å². The molecule has 1 aliphatic carbocycles. The molecule has 0 spiro atoms. The highest BCUT2D eigenvalue weighted by Gasteiger charge is 2.30. The third-order valence-corrected chi connectivity index (χ3v) is 6.57. The van der Waals surface area contributed by atoms with Crippen LogP contribution in [0.4, 0.5) is 9.52 Å². The lowest BCUT2D eigenvalue weighted by Crippen LogP contribution is -2.34. The first kappa shape index (κ1) is 24.0. The molecule has 11 heteroatoms. The Morgan fingerprint density at radius 1 is 1.24 bits per heavy atom. The van der Waals surface area contributed by atoms with E-state index in [4.69, 9.17) is 9.47 Å². The maximum absolute atomic E-state index is 15.1. The van der Waals surface area contributed by atoms with Crippen molar-refractivity contribution in [2.45, 2.75) is 58.2 Å². The molecule has 3 aromatic rings. The molecule has 1 saturated carbocycles. The summed E-state index contributed by atoms with van der Waals surface area (Å²) < 4.78 is 26.3. The average Bonchev–Trinajstić information content (AvgIpc) is 3.23. The molecule has 1 aliphatic rings. The molecular weight excluding hydrogens is 461 g/mol. The molecule has 4 rings (SSSR count). The van der Waals surface area contributed by atoms with Crippen LogP contribution in [0.15, 0.2) is 18.5 Å². The van der Waals surface area contributed by atoms with E-state index >= 15 is 4.39 Å². The first-order valence-corrected chi connectivity index (χ1v) is 11.7. The van der Waals surface area contributed by atoms with Crippen LogP contribution in [0.1, 0.15) is 54.4 Å². The first-order chi connectivity index (χ1) is 16.2. The van der Waals surface area contributed by atoms with E-state index in [1.165, 1.54) is 19.5 Å². The number of aromatic nitrogens is 4. The lowest BCUT2D eigenvalue weighted by atomic mass is 9.85. The van der Waals surface area contributed by atoms with Gasteiger partial charge in [-0.05, 0) is 63.9 Å². The number of aliphatic hydroxyl groups is 1. The number of ether oxygens (including phenoxy) is 2. The summed E-state index contributed by atoms with van der Waals surface area (Å²) in [5.74, 6) is -0.882. The average molecular weight is 488 g/mol. The van der Waals surface area contributed by atoms with E-state index in [0.717, 1.165) is 11.3 Å². The van der Waals surface area contributed by atoms with Gasteiger partial charge in [-0.15, -0.1) is 5.10 Å². The Kier molecular flexibility index (Phi) is 6.76. The predicted octanol–water partition coefficient (Wildman–Crippen LogP) is 4.08. The molecule has 1 amide bonds. The van der Waals surface area contributed by atoms with E-state index in [0.29, 0.717) is 42.1 Å². The Balaban J connectivity index is 1.55. The number of hydrogen-bond donors (Lipinski definition) is 2. The quantitative estimate of drug-likeness (QED) is 0.534. The molecule has 0 saturated heterocycles. The number of methoxy groups -OCH3 is 1. The lowest BCUT2D eigenvalue weighted by molar-refractivity contribution is -0.0110. The van der Waals surface area contributed by atoms with Crippen molar-refractivity contribution in [1.82, 2.24) is 20.2 Å². The molecule has 34 heavy (non-hydrogen) atoms. The van der Waals surface area contributed by atoms with Gasteiger partial charge in [-0.3, -0.25) is 20.1 Å². The van der Waals surface area contributed by atoms with E-state index in [1.807, 2.05) is 6.92 Å². The van der Waals surface area contributed by atoms with Crippen LogP contribution < -0.4 is 14.8 Å². The van der Waals surface area contributed by atoms with Gasteiger partial charge in [0.05, 0.1) is 35.7 Å². The molecule has 180 valence electrons. The van der Waals surface area contributed by atoms with E-state index in [2.05, 4.69) is 25.5 Å². The van der Waals surface area contributed by atoms with Crippen molar-refractivity contribution in [3.05, 3.63) is 41.2 Å². The van der Waals surface area contributed by atoms with Crippen molar-refractivity contribution in [1.29, 1.82) is 0 Å². The normalized spacial score (nSPS) is 20.1. The lowest BCUT2D eigenvalue weighted by Gasteiger charge is -2.32. The smallest absolute Gasteiger partial charge is 0.296 e. The number of rotatable bonds is 6. The van der Waals surface area contributed by atoms with E-state index < -0.39 is 17.3 Å². The van der Waals surface area contributed by atoms with E-state index in [1.54, 1.807) is 19.9 Å². The van der Waals surface area contributed by atoms with Gasteiger partial charge in [0.2, 0.25) is 5.13 Å². The number of carbonyl (C=O) groups is 1. The largest absolute Gasteiger partial charge is 0.494 e. The number of hydrogen-bond acceptors (Lipinski definition) is 9. The van der Waals surface area contributed by atoms with Crippen LogP contribution in [0, 0.1) is 19.7 Å². The molecule has 0 bridgehead atoms. The number of pyridine rings is 2. The molecule has 3 aromatic heterocycles. The minimum absolute atomic E-state index is 0.0602. The zero-order valence-electron chi connectivity index (χ0n) is 19.4. The highest BCUT2D eigenvalue weighted by molar-refractivity contribution is 7.17. The van der Waals surface area contributed by atoms with Crippen molar-refractivity contribution in [2.75, 3.05) is 12.4 Å². The van der Waals surface area contributed by atoms with Crippen LogP contribution in [-0.4, -0.2) is 50.0 Å². The molecule has 2 N–H and O–H groups in total. The number of amides is 1. The van der Waals surface area contributed by atoms with Gasteiger partial charge in [0.15, 0.2) is 5.82 Å². The SMILES string of the molecule is COc1cnc(C)c(F)c1-c1cc(C)ncc1C(=O)Nc1nnc(O[C@H]2CC[C@](C)(O)CC2)s1. The summed E-state index contributed by atoms with van der Waals surface area (Å²) in [7, 11) is 1.42. The van der Waals surface area contributed by atoms with Gasteiger partial charge in [-0.1, -0.05) is 5.10 Å². The molecule has 0 radical (unpaired) electrons. The van der Waals surface area contributed by atoms with Crippen LogP contribution in [-0.2, 0) is 0 Å². The summed E-state index contributed by atoms with van der Waals surface area (Å²) in [4.78, 5) is 21.3. The number of aryl methyl sites for hydroxylation is 2. The van der Waals surface area contributed by atoms with Crippen LogP contribution in [0.25, 0.3) is 11.1 Å². The van der Waals surface area contributed by atoms with Gasteiger partial charge < -0.3 is 14.6 Å². The summed E-state index contributed by atoms with van der Waals surface area (Å²) in [5.41, 5.74) is 0.767. The van der Waals surface area contributed by atoms with Gasteiger partial charge >= 0.3 is 0 Å². The van der Waals surface area contributed by atoms with Crippen LogP contribution in [0.2, 0.25) is 0 Å². The molecular formula is C23H26FN5O4S. The molecule has 9 nitrogen and oxygen atoms in total. The predicted molar refractivity (Wildman–Crippen MR) is 125 cm³/mol. The summed E-state index contributed by atoms with van der Waals surface area (Å²) in [6, 6.07) is 1.63. The highest BCUT2D eigenvalue weighted by Crippen LogP contribution is 2.36. The van der Waals surface area contributed by atoms with Crippen molar-refractivity contribution in [3.8, 4) is 22.1 Å². The van der Waals surface area contributed by atoms with Crippen molar-refractivity contribution >= 4 is 22.4 Å². The third-order valence-electron chi connectivity index (χ3n) is 5.84. The molecule has 0 aromatic carbocycles. The van der Waals surface area contributed by atoms with Crippen molar-refractivity contribution < 1.29 is 23.8 Å². The highest BCUT2D eigenvalue weighted by atomic mass is 32.1. The Morgan fingerprint density at radius 3 is 2.68 bits per heavy atom. The van der Waals surface area contributed by atoms with Crippen molar-refractivity contribution in [2.24, 2.45) is 0 Å². The number of nitrogens with one attached hydrogen (secondary N) is 1. The Bertz CT molecular complexity index is 1210. The van der Waals surface area contributed by atoms with Crippen LogP contribution in [0.3, 0.4) is 0 Å². The molecule has 0 unspecified atom stereocenters. The molecule has 0 atom stereocenters. The fourth-order valence-corrected chi connectivity index (χ4v) is 4.52. The summed E-state index contributed by atoms with van der Waals surface area (Å²) in [6.07, 6.45) is 5.48. The second-order valence-electron chi connectivity index (χ2n) is 8.61. The van der Waals surface area contributed by atoms with Crippen molar-refractivity contribution in [3.63, 3.8) is 0 Å². The van der Waals surface area contributed by atoms with Crippen LogP contribution >= 0.6 is 11.3 Å². The van der Waals surface area contributed by atoms with E-state index in [-0.39, 0.29) is 33.8 Å². The molecule has 3 heterocycles. The van der Waals surface area contributed by atoms with Crippen LogP contribution in [0.5, 0.6) is 10.9 Å². The number of nitrogens with zero attached hydrogens (tertiary/aromatic N) is 4. The van der Waals surface area contributed by atoms with Gasteiger partial charge in [0.1, 0.15) is 11.9 Å². The first-order valence-electron chi connectivity index (χ1n) is 10.9. The van der Waals surface area contributed by atoms with E-state index in [9.17, 15) is 9.90 Å². The Morgan fingerprint density at radius 2 is 1.97 bits per heavy atom. The fraction of sp³-hybridized carbons (Fsp3) is 0.435. The zero-order chi connectivity index (χ0) is 24.5. The van der Waals surface area contributed by atoms with Gasteiger partial charge in [-0.25, -0.2) is 4.39 Å². The Hall–Kier alpha value is -3.18. The fourth-order valence-electron chi connectivity index (χ4n) is 3.87. The van der Waals surface area contributed by atoms with Gasteiger partial charge in [-0.2, -0.15) is 0 Å². The molecule has 0 aliphatic heterocycles. The number of anilines is 1. The summed E-state index contributed by atoms with van der Waals surface area (Å²) >= 11 is 1.10. The maximum atomic E-state index is 15.1. The van der Waals surface area contributed by atoms with Gasteiger partial charge in [0, 0.05) is 17.5 Å². The molecule has 1 fully saturated rings. The zero-order valence-corrected chi connectivity index (χ0v) is 20.2. The minimum atomic E-state index is -0.657. The maximum Gasteiger partial charge on any atom is 0.296 e. The second-order valence-corrected chi connectivity index (χ2v) is 9.55. The number of carbonyl (C=O) groups excluding carboxylic acids is 1. The monoisotopic (exact) mass is 487 g/mol. The van der Waals surface area contributed by atoms with Gasteiger partial charge in [0.25, 0.3) is 11.1 Å². The number of halogens is 1. The summed E-state index contributed by atoms with van der Waals surface area (Å²) in [6.45, 7) is 5.12. The third kappa shape index (κ3) is 5.15. The minimum Gasteiger partial charge on any atom is -0.494 e. The summed E-state index contributed by atoms with van der Waals surface area (Å²) in [5, 5.41) is 21.4. The second kappa shape index (κ2) is 9.59. The standard InChI is InChI=1S/C23H26FN5O4S/c1-12-9-15(18-17(32-4)11-26-13(2)19(18)24)16(10-25-12)20(30)27-21-28-29-22(34-21)33-14-5-7-23(3,31)8-6-14/h9-11,14,31H,5-8H2,1-4H3,(H,27,28,30)/t14-,23-.